The van der Waals surface area contributed by atoms with Gasteiger partial charge in [0.1, 0.15) is 0 Å². The average Bonchev–Trinajstić information content (AvgIpc) is 2.57. The van der Waals surface area contributed by atoms with E-state index in [1.807, 2.05) is 0 Å². The third-order valence-corrected chi connectivity index (χ3v) is 3.76. The third-order valence-electron chi connectivity index (χ3n) is 3.76. The molecule has 140 valence electrons. The van der Waals surface area contributed by atoms with Crippen molar-refractivity contribution in [2.75, 3.05) is 13.2 Å². The minimum atomic E-state index is -0.381. The minimum Gasteiger partial charge on any atom is -0.458 e. The van der Waals surface area contributed by atoms with Crippen LogP contribution in [0.3, 0.4) is 0 Å². The largest absolute Gasteiger partial charge is 0.458 e. The van der Waals surface area contributed by atoms with Gasteiger partial charge < -0.3 is 9.47 Å². The first kappa shape index (κ1) is 22.6. The van der Waals surface area contributed by atoms with Gasteiger partial charge in [-0.3, -0.25) is 14.4 Å². The Labute approximate surface area is 146 Å². The van der Waals surface area contributed by atoms with Crippen LogP contribution in [0.25, 0.3) is 0 Å². The lowest BCUT2D eigenvalue weighted by Crippen LogP contribution is -2.20. The van der Waals surface area contributed by atoms with Crippen molar-refractivity contribution in [2.45, 2.75) is 90.9 Å². The molecule has 0 N–H and O–H groups in total. The summed E-state index contributed by atoms with van der Waals surface area (Å²) in [4.78, 5) is 34.5. The zero-order valence-corrected chi connectivity index (χ0v) is 15.4. The Morgan fingerprint density at radius 1 is 0.583 bits per heavy atom. The van der Waals surface area contributed by atoms with E-state index in [4.69, 9.17) is 9.47 Å². The third kappa shape index (κ3) is 15.5. The van der Waals surface area contributed by atoms with E-state index in [2.05, 4.69) is 13.8 Å². The molecule has 0 aromatic heterocycles. The number of ketones is 1. The van der Waals surface area contributed by atoms with Crippen molar-refractivity contribution in [2.24, 2.45) is 0 Å². The van der Waals surface area contributed by atoms with E-state index >= 15 is 0 Å². The van der Waals surface area contributed by atoms with Gasteiger partial charge in [0.2, 0.25) is 5.78 Å². The number of unbranched alkanes of at least 4 members (excludes halogenated alkanes) is 8. The fourth-order valence-electron chi connectivity index (χ4n) is 2.25. The second-order valence-electron chi connectivity index (χ2n) is 6.19. The molecule has 0 unspecified atom stereocenters. The van der Waals surface area contributed by atoms with Gasteiger partial charge in [-0.2, -0.15) is 0 Å². The van der Waals surface area contributed by atoms with Crippen LogP contribution in [0.4, 0.5) is 0 Å². The van der Waals surface area contributed by atoms with Crippen LogP contribution in [-0.2, 0) is 23.9 Å². The highest BCUT2D eigenvalue weighted by Gasteiger charge is 2.10. The molecule has 0 aliphatic rings. The van der Waals surface area contributed by atoms with Crippen molar-refractivity contribution in [3.8, 4) is 0 Å². The second kappa shape index (κ2) is 16.5. The molecule has 0 radical (unpaired) electrons. The molecule has 0 rings (SSSR count). The number of carbonyl (C=O) groups is 3. The maximum Gasteiger partial charge on any atom is 0.306 e. The Morgan fingerprint density at radius 3 is 1.33 bits per heavy atom. The number of rotatable bonds is 16. The second-order valence-corrected chi connectivity index (χ2v) is 6.19. The summed E-state index contributed by atoms with van der Waals surface area (Å²) >= 11 is 0. The van der Waals surface area contributed by atoms with Crippen molar-refractivity contribution in [3.63, 3.8) is 0 Å². The molecule has 0 spiro atoms. The van der Waals surface area contributed by atoms with E-state index in [0.717, 1.165) is 51.4 Å². The zero-order chi connectivity index (χ0) is 18.0. The fourth-order valence-corrected chi connectivity index (χ4v) is 2.25. The Kier molecular flexibility index (Phi) is 15.5. The normalized spacial score (nSPS) is 10.4. The number of esters is 2. The molecule has 0 aromatic rings. The SMILES string of the molecule is CCCCCCCC(=O)OCC(=O)COC(=O)CCCCCCC. The molecule has 24 heavy (non-hydrogen) atoms. The van der Waals surface area contributed by atoms with E-state index < -0.39 is 0 Å². The highest BCUT2D eigenvalue weighted by molar-refractivity contribution is 5.85. The Morgan fingerprint density at radius 2 is 0.958 bits per heavy atom. The summed E-state index contributed by atoms with van der Waals surface area (Å²) in [7, 11) is 0. The lowest BCUT2D eigenvalue weighted by Gasteiger charge is -2.06. The standard InChI is InChI=1S/C19H34O5/c1-3-5-7-9-11-13-18(21)23-15-17(20)16-24-19(22)14-12-10-8-6-4-2/h3-16H2,1-2H3. The first-order chi connectivity index (χ1) is 11.6. The number of Topliss-reactive ketones (excluding diaryl/α,β-unsaturated/α-hetero) is 1. The zero-order valence-electron chi connectivity index (χ0n) is 15.4. The molecular formula is C19H34O5. The van der Waals surface area contributed by atoms with E-state index in [9.17, 15) is 14.4 Å². The number of ether oxygens (including phenoxy) is 2. The number of hydrogen-bond acceptors (Lipinski definition) is 5. The highest BCUT2D eigenvalue weighted by Crippen LogP contribution is 2.06. The van der Waals surface area contributed by atoms with Gasteiger partial charge in [0, 0.05) is 12.8 Å². The van der Waals surface area contributed by atoms with Crippen LogP contribution in [-0.4, -0.2) is 30.9 Å². The highest BCUT2D eigenvalue weighted by atomic mass is 16.6. The number of carbonyl (C=O) groups excluding carboxylic acids is 3. The van der Waals surface area contributed by atoms with Gasteiger partial charge in [0.15, 0.2) is 13.2 Å². The molecule has 0 saturated heterocycles. The van der Waals surface area contributed by atoms with Crippen LogP contribution >= 0.6 is 0 Å². The number of hydrogen-bond donors (Lipinski definition) is 0. The summed E-state index contributed by atoms with van der Waals surface area (Å²) in [5.41, 5.74) is 0. The van der Waals surface area contributed by atoms with E-state index in [1.54, 1.807) is 0 Å². The van der Waals surface area contributed by atoms with Gasteiger partial charge in [0.05, 0.1) is 0 Å². The summed E-state index contributed by atoms with van der Waals surface area (Å²) in [6.45, 7) is 3.66. The van der Waals surface area contributed by atoms with Gasteiger partial charge in [-0.05, 0) is 12.8 Å². The van der Waals surface area contributed by atoms with Gasteiger partial charge in [-0.15, -0.1) is 0 Å². The smallest absolute Gasteiger partial charge is 0.306 e. The van der Waals surface area contributed by atoms with E-state index in [0.29, 0.717) is 12.8 Å². The van der Waals surface area contributed by atoms with Crippen LogP contribution in [0.15, 0.2) is 0 Å². The predicted octanol–water partition coefficient (Wildman–Crippen LogP) is 4.36. The summed E-state index contributed by atoms with van der Waals surface area (Å²) < 4.78 is 9.78. The minimum absolute atomic E-state index is 0.308. The monoisotopic (exact) mass is 342 g/mol. The van der Waals surface area contributed by atoms with Crippen LogP contribution in [0, 0.1) is 0 Å². The van der Waals surface area contributed by atoms with Crippen LogP contribution in [0.2, 0.25) is 0 Å². The fraction of sp³-hybridized carbons (Fsp3) is 0.842. The van der Waals surface area contributed by atoms with Gasteiger partial charge in [-0.1, -0.05) is 65.2 Å². The van der Waals surface area contributed by atoms with Crippen molar-refractivity contribution < 1.29 is 23.9 Å². The first-order valence-corrected chi connectivity index (χ1v) is 9.43. The van der Waals surface area contributed by atoms with Crippen molar-refractivity contribution in [1.29, 1.82) is 0 Å². The van der Waals surface area contributed by atoms with Crippen molar-refractivity contribution >= 4 is 17.7 Å². The van der Waals surface area contributed by atoms with Crippen LogP contribution in [0.5, 0.6) is 0 Å². The van der Waals surface area contributed by atoms with Gasteiger partial charge >= 0.3 is 11.9 Å². The van der Waals surface area contributed by atoms with Crippen LogP contribution in [0.1, 0.15) is 90.9 Å². The van der Waals surface area contributed by atoms with Gasteiger partial charge in [-0.25, -0.2) is 0 Å². The lowest BCUT2D eigenvalue weighted by molar-refractivity contribution is -0.153. The van der Waals surface area contributed by atoms with Gasteiger partial charge in [0.25, 0.3) is 0 Å². The maximum absolute atomic E-state index is 11.5. The van der Waals surface area contributed by atoms with E-state index in [1.165, 1.54) is 12.8 Å². The molecule has 0 aromatic carbocycles. The molecule has 0 bridgehead atoms. The predicted molar refractivity (Wildman–Crippen MR) is 93.7 cm³/mol. The molecule has 0 atom stereocenters. The van der Waals surface area contributed by atoms with E-state index in [-0.39, 0.29) is 30.9 Å². The summed E-state index contributed by atoms with van der Waals surface area (Å²) in [6.07, 6.45) is 11.2. The molecule has 0 fully saturated rings. The topological polar surface area (TPSA) is 69.7 Å². The lowest BCUT2D eigenvalue weighted by atomic mass is 10.1. The molecule has 5 nitrogen and oxygen atoms in total. The Hall–Kier alpha value is -1.39. The molecule has 0 saturated carbocycles. The average molecular weight is 342 g/mol. The quantitative estimate of drug-likeness (QED) is 0.308. The Bertz CT molecular complexity index is 320. The molecule has 0 amide bonds. The summed E-state index contributed by atoms with van der Waals surface area (Å²) in [6, 6.07) is 0. The molecular weight excluding hydrogens is 308 g/mol. The summed E-state index contributed by atoms with van der Waals surface area (Å²) in [5, 5.41) is 0. The first-order valence-electron chi connectivity index (χ1n) is 9.43. The van der Waals surface area contributed by atoms with Crippen molar-refractivity contribution in [3.05, 3.63) is 0 Å². The maximum atomic E-state index is 11.5. The van der Waals surface area contributed by atoms with Crippen LogP contribution < -0.4 is 0 Å². The molecule has 0 aliphatic carbocycles. The summed E-state index contributed by atoms with van der Waals surface area (Å²) in [5.74, 6) is -1.10. The Balaban J connectivity index is 3.53. The van der Waals surface area contributed by atoms with Crippen molar-refractivity contribution in [1.82, 2.24) is 0 Å². The molecule has 0 aliphatic heterocycles. The molecule has 0 heterocycles. The molecule has 5 heteroatoms.